The summed E-state index contributed by atoms with van der Waals surface area (Å²) in [6, 6.07) is 9.36. The first-order chi connectivity index (χ1) is 17.2. The molecule has 0 bridgehead atoms. The highest BCUT2D eigenvalue weighted by Gasteiger charge is 2.31. The molecule has 3 heterocycles. The summed E-state index contributed by atoms with van der Waals surface area (Å²) < 4.78 is 39.9. The fourth-order valence-electron chi connectivity index (χ4n) is 4.39. The molecule has 1 unspecified atom stereocenters. The number of carbonyl (C=O) groups excluding carboxylic acids is 3. The zero-order valence-corrected chi connectivity index (χ0v) is 19.9. The van der Waals surface area contributed by atoms with Crippen LogP contribution in [-0.4, -0.2) is 58.2 Å². The summed E-state index contributed by atoms with van der Waals surface area (Å²) in [6.07, 6.45) is 2.27. The smallest absolute Gasteiger partial charge is 0.251 e. The van der Waals surface area contributed by atoms with Crippen molar-refractivity contribution in [2.45, 2.75) is 36.7 Å². The predicted molar refractivity (Wildman–Crippen MR) is 124 cm³/mol. The summed E-state index contributed by atoms with van der Waals surface area (Å²) in [5, 5.41) is 10.9. The molecule has 10 nitrogen and oxygen atoms in total. The average Bonchev–Trinajstić information content (AvgIpc) is 3.32. The number of piperidine rings is 1. The van der Waals surface area contributed by atoms with Gasteiger partial charge in [0.2, 0.25) is 5.91 Å². The Balaban J connectivity index is 1.27. The van der Waals surface area contributed by atoms with Crippen molar-refractivity contribution in [3.63, 3.8) is 0 Å². The third kappa shape index (κ3) is 4.76. The number of aromatic nitrogens is 3. The molecule has 3 aromatic rings. The number of fused-ring (bicyclic) bond motifs is 1. The lowest BCUT2D eigenvalue weighted by Crippen LogP contribution is -2.39. The van der Waals surface area contributed by atoms with E-state index in [1.165, 1.54) is 15.6 Å². The molecular weight excluding hydrogens is 489 g/mol. The summed E-state index contributed by atoms with van der Waals surface area (Å²) in [4.78, 5) is 38.0. The number of ketones is 1. The minimum atomic E-state index is -3.51. The van der Waals surface area contributed by atoms with Gasteiger partial charge in [0.05, 0.1) is 41.7 Å². The van der Waals surface area contributed by atoms with Crippen LogP contribution in [0.25, 0.3) is 5.69 Å². The zero-order valence-electron chi connectivity index (χ0n) is 19.1. The number of likely N-dealkylation sites (tertiary alicyclic amines) is 1. The van der Waals surface area contributed by atoms with Crippen molar-refractivity contribution >= 4 is 27.4 Å². The molecule has 0 aliphatic carbocycles. The molecule has 1 fully saturated rings. The number of sulfone groups is 1. The minimum Gasteiger partial charge on any atom is -0.345 e. The second-order valence-corrected chi connectivity index (χ2v) is 10.9. The van der Waals surface area contributed by atoms with Gasteiger partial charge in [0.25, 0.3) is 5.91 Å². The Morgan fingerprint density at radius 3 is 2.67 bits per heavy atom. The fraction of sp³-hybridized carbons (Fsp3) is 0.292. The van der Waals surface area contributed by atoms with Crippen LogP contribution in [0.3, 0.4) is 0 Å². The van der Waals surface area contributed by atoms with Crippen molar-refractivity contribution in [2.75, 3.05) is 12.3 Å². The molecule has 1 atom stereocenters. The van der Waals surface area contributed by atoms with Crippen LogP contribution in [0.1, 0.15) is 46.9 Å². The molecule has 0 spiro atoms. The monoisotopic (exact) mass is 511 g/mol. The largest absolute Gasteiger partial charge is 0.345 e. The quantitative estimate of drug-likeness (QED) is 0.516. The van der Waals surface area contributed by atoms with E-state index in [9.17, 15) is 27.2 Å². The van der Waals surface area contributed by atoms with Crippen LogP contribution >= 0.6 is 0 Å². The van der Waals surface area contributed by atoms with Crippen molar-refractivity contribution in [3.8, 4) is 5.69 Å². The number of halogens is 1. The van der Waals surface area contributed by atoms with Gasteiger partial charge >= 0.3 is 0 Å². The van der Waals surface area contributed by atoms with E-state index in [0.29, 0.717) is 16.9 Å². The lowest BCUT2D eigenvalue weighted by Gasteiger charge is -2.26. The first-order valence-corrected chi connectivity index (χ1v) is 13.0. The Kier molecular flexibility index (Phi) is 6.12. The van der Waals surface area contributed by atoms with Crippen molar-refractivity contribution in [1.82, 2.24) is 25.2 Å². The van der Waals surface area contributed by atoms with Crippen LogP contribution in [0.2, 0.25) is 0 Å². The van der Waals surface area contributed by atoms with Gasteiger partial charge in [0.15, 0.2) is 15.6 Å². The van der Waals surface area contributed by atoms with Crippen LogP contribution < -0.4 is 5.32 Å². The average molecular weight is 512 g/mol. The molecule has 36 heavy (non-hydrogen) atoms. The second-order valence-electron chi connectivity index (χ2n) is 8.81. The van der Waals surface area contributed by atoms with Crippen LogP contribution in [0, 0.1) is 5.82 Å². The highest BCUT2D eigenvalue weighted by Crippen LogP contribution is 2.33. The van der Waals surface area contributed by atoms with E-state index in [1.807, 2.05) is 0 Å². The molecule has 186 valence electrons. The Bertz CT molecular complexity index is 1470. The zero-order chi connectivity index (χ0) is 25.4. The number of nitrogens with zero attached hydrogens (tertiary/aromatic N) is 4. The molecule has 2 aromatic carbocycles. The maximum atomic E-state index is 13.8. The number of nitrogens with one attached hydrogen (secondary N) is 1. The van der Waals surface area contributed by atoms with Crippen LogP contribution in [0.5, 0.6) is 0 Å². The molecule has 2 aliphatic rings. The van der Waals surface area contributed by atoms with Gasteiger partial charge in [-0.15, -0.1) is 5.10 Å². The number of Topliss-reactive ketones (excluding diaryl/α,β-unsaturated/α-hetero) is 1. The molecule has 0 radical (unpaired) electrons. The van der Waals surface area contributed by atoms with Gasteiger partial charge in [0, 0.05) is 18.4 Å². The first-order valence-electron chi connectivity index (χ1n) is 11.3. The number of carbonyl (C=O) groups is 3. The summed E-state index contributed by atoms with van der Waals surface area (Å²) in [5.74, 6) is -1.22. The number of rotatable bonds is 5. The highest BCUT2D eigenvalue weighted by molar-refractivity contribution is 7.91. The van der Waals surface area contributed by atoms with Gasteiger partial charge in [0.1, 0.15) is 11.5 Å². The molecule has 12 heteroatoms. The predicted octanol–water partition coefficient (Wildman–Crippen LogP) is 1.75. The third-order valence-electron chi connectivity index (χ3n) is 6.29. The molecule has 1 saturated heterocycles. The van der Waals surface area contributed by atoms with E-state index < -0.39 is 27.6 Å². The Morgan fingerprint density at radius 1 is 1.11 bits per heavy atom. The number of amides is 2. The number of hydrogen-bond acceptors (Lipinski definition) is 7. The molecular formula is C24H22FN5O5S. The minimum absolute atomic E-state index is 0.0133. The Hall–Kier alpha value is -3.93. The van der Waals surface area contributed by atoms with Crippen molar-refractivity contribution in [2.24, 2.45) is 0 Å². The molecule has 1 aromatic heterocycles. The summed E-state index contributed by atoms with van der Waals surface area (Å²) in [7, 11) is -3.51. The lowest BCUT2D eigenvalue weighted by atomic mass is 10.0. The molecule has 0 saturated carbocycles. The normalized spacial score (nSPS) is 19.1. The Labute approximate surface area is 206 Å². The van der Waals surface area contributed by atoms with Crippen molar-refractivity contribution in [1.29, 1.82) is 0 Å². The van der Waals surface area contributed by atoms with Crippen molar-refractivity contribution in [3.05, 3.63) is 71.3 Å². The van der Waals surface area contributed by atoms with Gasteiger partial charge in [-0.1, -0.05) is 5.21 Å². The van der Waals surface area contributed by atoms with Gasteiger partial charge < -0.3 is 10.2 Å². The van der Waals surface area contributed by atoms with Gasteiger partial charge in [-0.2, -0.15) is 0 Å². The fourth-order valence-corrected chi connectivity index (χ4v) is 5.99. The third-order valence-corrected chi connectivity index (χ3v) is 8.10. The van der Waals surface area contributed by atoms with E-state index in [4.69, 9.17) is 0 Å². The highest BCUT2D eigenvalue weighted by atomic mass is 32.2. The maximum Gasteiger partial charge on any atom is 0.251 e. The van der Waals surface area contributed by atoms with Crippen LogP contribution in [0.15, 0.2) is 53.6 Å². The summed E-state index contributed by atoms with van der Waals surface area (Å²) >= 11 is 0. The van der Waals surface area contributed by atoms with Gasteiger partial charge in [-0.25, -0.2) is 17.5 Å². The molecule has 1 N–H and O–H groups in total. The van der Waals surface area contributed by atoms with Crippen LogP contribution in [-0.2, 0) is 26.0 Å². The lowest BCUT2D eigenvalue weighted by molar-refractivity contribution is -0.140. The van der Waals surface area contributed by atoms with E-state index in [1.54, 1.807) is 30.5 Å². The summed E-state index contributed by atoms with van der Waals surface area (Å²) in [5.41, 5.74) is 1.73. The molecule has 2 aliphatic heterocycles. The SMILES string of the molecule is O=C1CCC(=O)N(Cc2cn(-c3ccc(C(=O)NC4CCS(=O)(=O)c5ccc(F)cc54)cc3)nn2)C1. The van der Waals surface area contributed by atoms with Gasteiger partial charge in [-0.05, 0) is 54.4 Å². The maximum absolute atomic E-state index is 13.8. The molecule has 5 rings (SSSR count). The second kappa shape index (κ2) is 9.26. The van der Waals surface area contributed by atoms with Crippen LogP contribution in [0.4, 0.5) is 4.39 Å². The topological polar surface area (TPSA) is 131 Å². The van der Waals surface area contributed by atoms with E-state index in [2.05, 4.69) is 15.6 Å². The van der Waals surface area contributed by atoms with E-state index in [0.717, 1.165) is 12.1 Å². The number of hydrogen-bond donors (Lipinski definition) is 1. The summed E-state index contributed by atoms with van der Waals surface area (Å²) in [6.45, 7) is 0.254. The van der Waals surface area contributed by atoms with E-state index in [-0.39, 0.29) is 60.3 Å². The van der Waals surface area contributed by atoms with E-state index >= 15 is 0 Å². The number of benzene rings is 2. The van der Waals surface area contributed by atoms with Crippen molar-refractivity contribution < 1.29 is 27.2 Å². The Morgan fingerprint density at radius 2 is 1.89 bits per heavy atom. The standard InChI is InChI=1S/C24H22FN5O5S/c25-16-3-7-22-20(11-16)21(9-10-36(22,34)35)26-24(33)15-1-4-18(5-2-15)30-13-17(27-28-30)12-29-14-19(31)6-8-23(29)32/h1-5,7,11,13,21H,6,8-10,12,14H2,(H,26,33). The van der Waals surface area contributed by atoms with Gasteiger partial charge in [-0.3, -0.25) is 14.4 Å². The molecule has 2 amide bonds. The first kappa shape index (κ1) is 23.8.